The van der Waals surface area contributed by atoms with Gasteiger partial charge in [-0.2, -0.15) is 0 Å². The fourth-order valence-electron chi connectivity index (χ4n) is 4.20. The zero-order valence-corrected chi connectivity index (χ0v) is 24.5. The second-order valence-corrected chi connectivity index (χ2v) is 12.4. The summed E-state index contributed by atoms with van der Waals surface area (Å²) in [5, 5.41) is 2.95. The van der Waals surface area contributed by atoms with Crippen molar-refractivity contribution in [1.82, 2.24) is 10.2 Å². The van der Waals surface area contributed by atoms with Crippen LogP contribution in [0.4, 0.5) is 5.69 Å². The van der Waals surface area contributed by atoms with E-state index >= 15 is 0 Å². The van der Waals surface area contributed by atoms with Crippen molar-refractivity contribution in [3.63, 3.8) is 0 Å². The van der Waals surface area contributed by atoms with Gasteiger partial charge in [-0.05, 0) is 55.7 Å². The Morgan fingerprint density at radius 2 is 1.55 bits per heavy atom. The number of nitrogens with one attached hydrogen (secondary N) is 1. The molecule has 9 heteroatoms. The van der Waals surface area contributed by atoms with E-state index in [-0.39, 0.29) is 24.9 Å². The van der Waals surface area contributed by atoms with E-state index in [1.165, 1.54) is 4.90 Å². The molecule has 0 aromatic heterocycles. The molecular weight excluding hydrogens is 566 g/mol. The summed E-state index contributed by atoms with van der Waals surface area (Å²) >= 11 is 3.48. The van der Waals surface area contributed by atoms with E-state index in [2.05, 4.69) is 21.2 Å². The predicted octanol–water partition coefficient (Wildman–Crippen LogP) is 4.69. The number of anilines is 1. The molecule has 0 heterocycles. The number of nitrogens with zero attached hydrogens (tertiary/aromatic N) is 2. The van der Waals surface area contributed by atoms with Crippen molar-refractivity contribution in [3.8, 4) is 0 Å². The molecule has 0 bridgehead atoms. The van der Waals surface area contributed by atoms with Gasteiger partial charge >= 0.3 is 0 Å². The van der Waals surface area contributed by atoms with Gasteiger partial charge in [0.25, 0.3) is 0 Å². The van der Waals surface area contributed by atoms with Crippen LogP contribution >= 0.6 is 15.9 Å². The van der Waals surface area contributed by atoms with Crippen LogP contribution in [0.1, 0.15) is 30.5 Å². The summed E-state index contributed by atoms with van der Waals surface area (Å²) in [4.78, 5) is 29.0. The highest BCUT2D eigenvalue weighted by atomic mass is 79.9. The van der Waals surface area contributed by atoms with Crippen LogP contribution in [-0.4, -0.2) is 50.0 Å². The van der Waals surface area contributed by atoms with Crippen LogP contribution < -0.4 is 9.62 Å². The third kappa shape index (κ3) is 8.16. The van der Waals surface area contributed by atoms with Crippen LogP contribution in [0.15, 0.2) is 83.3 Å². The maximum absolute atomic E-state index is 14.0. The van der Waals surface area contributed by atoms with Gasteiger partial charge < -0.3 is 10.2 Å². The van der Waals surface area contributed by atoms with Gasteiger partial charge in [0.2, 0.25) is 21.8 Å². The Morgan fingerprint density at radius 3 is 2.16 bits per heavy atom. The summed E-state index contributed by atoms with van der Waals surface area (Å²) in [5.41, 5.74) is 2.85. The molecule has 0 radical (unpaired) electrons. The summed E-state index contributed by atoms with van der Waals surface area (Å²) in [6.07, 6.45) is 1.36. The molecule has 0 aliphatic rings. The third-order valence-electron chi connectivity index (χ3n) is 6.01. The number of aryl methyl sites for hydroxylation is 1. The fraction of sp³-hybridized carbons (Fsp3) is 0.310. The number of hydrogen-bond acceptors (Lipinski definition) is 4. The second-order valence-electron chi connectivity index (χ2n) is 9.58. The summed E-state index contributed by atoms with van der Waals surface area (Å²) in [7, 11) is -3.79. The van der Waals surface area contributed by atoms with Gasteiger partial charge in [0.05, 0.1) is 11.9 Å². The first-order valence-electron chi connectivity index (χ1n) is 12.4. The van der Waals surface area contributed by atoms with Gasteiger partial charge in [-0.15, -0.1) is 0 Å². The Balaban J connectivity index is 2.07. The molecule has 202 valence electrons. The van der Waals surface area contributed by atoms with Crippen molar-refractivity contribution in [2.24, 2.45) is 0 Å². The zero-order valence-electron chi connectivity index (χ0n) is 22.1. The van der Waals surface area contributed by atoms with E-state index < -0.39 is 28.5 Å². The Kier molecular flexibility index (Phi) is 10.1. The zero-order chi connectivity index (χ0) is 27.9. The SMILES string of the molecule is Cc1ccccc1N(CC(=O)N(Cc1cccc(Br)c1)C(Cc1ccccc1)C(=O)NC(C)C)S(C)(=O)=O. The van der Waals surface area contributed by atoms with Crippen molar-refractivity contribution in [2.75, 3.05) is 17.1 Å². The summed E-state index contributed by atoms with van der Waals surface area (Å²) in [5.74, 6) is -0.771. The minimum Gasteiger partial charge on any atom is -0.352 e. The van der Waals surface area contributed by atoms with Crippen molar-refractivity contribution >= 4 is 43.5 Å². The van der Waals surface area contributed by atoms with Crippen molar-refractivity contribution in [2.45, 2.75) is 45.8 Å². The molecule has 0 saturated heterocycles. The molecule has 1 N–H and O–H groups in total. The van der Waals surface area contributed by atoms with Crippen LogP contribution in [0, 0.1) is 6.92 Å². The summed E-state index contributed by atoms with van der Waals surface area (Å²) < 4.78 is 27.7. The lowest BCUT2D eigenvalue weighted by Gasteiger charge is -2.34. The van der Waals surface area contributed by atoms with Crippen molar-refractivity contribution in [1.29, 1.82) is 0 Å². The van der Waals surface area contributed by atoms with Gasteiger partial charge in [0, 0.05) is 23.5 Å². The van der Waals surface area contributed by atoms with E-state index in [1.807, 2.05) is 74.5 Å². The number of sulfonamides is 1. The molecule has 0 fully saturated rings. The number of hydrogen-bond donors (Lipinski definition) is 1. The van der Waals surface area contributed by atoms with Gasteiger partial charge in [-0.3, -0.25) is 13.9 Å². The maximum Gasteiger partial charge on any atom is 0.244 e. The molecule has 3 rings (SSSR count). The van der Waals surface area contributed by atoms with E-state index in [0.717, 1.165) is 31.7 Å². The van der Waals surface area contributed by atoms with Gasteiger partial charge in [0.1, 0.15) is 12.6 Å². The molecule has 3 aromatic rings. The predicted molar refractivity (Wildman–Crippen MR) is 155 cm³/mol. The Morgan fingerprint density at radius 1 is 0.921 bits per heavy atom. The normalized spacial score (nSPS) is 12.2. The molecule has 0 aliphatic heterocycles. The van der Waals surface area contributed by atoms with Crippen LogP contribution in [0.5, 0.6) is 0 Å². The van der Waals surface area contributed by atoms with Crippen LogP contribution in [0.25, 0.3) is 0 Å². The van der Waals surface area contributed by atoms with Gasteiger partial charge in [-0.1, -0.05) is 76.6 Å². The number of halogens is 1. The highest BCUT2D eigenvalue weighted by Gasteiger charge is 2.33. The molecule has 1 atom stereocenters. The molecular formula is C29H34BrN3O4S. The third-order valence-corrected chi connectivity index (χ3v) is 7.63. The smallest absolute Gasteiger partial charge is 0.244 e. The molecule has 0 saturated carbocycles. The highest BCUT2D eigenvalue weighted by Crippen LogP contribution is 2.24. The fourth-order valence-corrected chi connectivity index (χ4v) is 5.56. The monoisotopic (exact) mass is 599 g/mol. The maximum atomic E-state index is 14.0. The molecule has 7 nitrogen and oxygen atoms in total. The number of para-hydroxylation sites is 1. The Bertz CT molecular complexity index is 1360. The van der Waals surface area contributed by atoms with Crippen molar-refractivity contribution < 1.29 is 18.0 Å². The minimum atomic E-state index is -3.79. The first kappa shape index (κ1) is 29.4. The number of rotatable bonds is 11. The largest absolute Gasteiger partial charge is 0.352 e. The van der Waals surface area contributed by atoms with Gasteiger partial charge in [0.15, 0.2) is 0 Å². The lowest BCUT2D eigenvalue weighted by atomic mass is 10.0. The number of benzene rings is 3. The first-order valence-corrected chi connectivity index (χ1v) is 15.0. The van der Waals surface area contributed by atoms with Crippen molar-refractivity contribution in [3.05, 3.63) is 100 Å². The first-order chi connectivity index (χ1) is 18.0. The minimum absolute atomic E-state index is 0.132. The molecule has 3 aromatic carbocycles. The quantitative estimate of drug-likeness (QED) is 0.346. The standard InChI is InChI=1S/C29H34BrN3O4S/c1-21(2)31-29(35)27(18-23-12-6-5-7-13-23)32(19-24-14-10-15-25(30)17-24)28(34)20-33(38(4,36)37)26-16-9-8-11-22(26)3/h5-17,21,27H,18-20H2,1-4H3,(H,31,35). The summed E-state index contributed by atoms with van der Waals surface area (Å²) in [6, 6.07) is 23.0. The topological polar surface area (TPSA) is 86.8 Å². The molecule has 38 heavy (non-hydrogen) atoms. The summed E-state index contributed by atoms with van der Waals surface area (Å²) in [6.45, 7) is 5.22. The van der Waals surface area contributed by atoms with Crippen LogP contribution in [0.3, 0.4) is 0 Å². The molecule has 1 unspecified atom stereocenters. The average molecular weight is 601 g/mol. The van der Waals surface area contributed by atoms with Crippen LogP contribution in [-0.2, 0) is 32.6 Å². The highest BCUT2D eigenvalue weighted by molar-refractivity contribution is 9.10. The lowest BCUT2D eigenvalue weighted by molar-refractivity contribution is -0.140. The average Bonchev–Trinajstić information content (AvgIpc) is 2.84. The van der Waals surface area contributed by atoms with E-state index in [4.69, 9.17) is 0 Å². The molecule has 0 aliphatic carbocycles. The Hall–Kier alpha value is -3.17. The molecule has 2 amide bonds. The van der Waals surface area contributed by atoms with E-state index in [9.17, 15) is 18.0 Å². The second kappa shape index (κ2) is 13.1. The lowest BCUT2D eigenvalue weighted by Crippen LogP contribution is -2.54. The van der Waals surface area contributed by atoms with E-state index in [1.54, 1.807) is 25.1 Å². The Labute approximate surface area is 234 Å². The molecule has 0 spiro atoms. The van der Waals surface area contributed by atoms with Gasteiger partial charge in [-0.25, -0.2) is 8.42 Å². The van der Waals surface area contributed by atoms with E-state index in [0.29, 0.717) is 5.69 Å². The number of carbonyl (C=O) groups is 2. The number of amides is 2. The van der Waals surface area contributed by atoms with Crippen LogP contribution in [0.2, 0.25) is 0 Å². The number of carbonyl (C=O) groups excluding carboxylic acids is 2.